The summed E-state index contributed by atoms with van der Waals surface area (Å²) in [7, 11) is 0. The maximum Gasteiger partial charge on any atom is 0.416 e. The number of alkyl halides is 3. The van der Waals surface area contributed by atoms with Crippen molar-refractivity contribution < 1.29 is 27.5 Å². The largest absolute Gasteiger partial charge is 0.484 e. The fourth-order valence-electron chi connectivity index (χ4n) is 1.79. The first-order valence-electron chi connectivity index (χ1n) is 6.91. The van der Waals surface area contributed by atoms with Gasteiger partial charge in [-0.2, -0.15) is 13.2 Å². The van der Waals surface area contributed by atoms with E-state index in [1.165, 1.54) is 18.2 Å². The Kier molecular flexibility index (Phi) is 5.87. The Morgan fingerprint density at radius 2 is 1.76 bits per heavy atom. The van der Waals surface area contributed by atoms with Crippen molar-refractivity contribution in [3.05, 3.63) is 64.7 Å². The summed E-state index contributed by atoms with van der Waals surface area (Å²) in [6, 6.07) is 10.3. The Morgan fingerprint density at radius 3 is 2.44 bits per heavy atom. The van der Waals surface area contributed by atoms with Gasteiger partial charge in [0.15, 0.2) is 6.61 Å². The van der Waals surface area contributed by atoms with Crippen LogP contribution in [0.2, 0.25) is 5.02 Å². The van der Waals surface area contributed by atoms with Crippen molar-refractivity contribution in [3.8, 4) is 5.75 Å². The maximum absolute atomic E-state index is 12.6. The molecule has 0 aliphatic rings. The second-order valence-corrected chi connectivity index (χ2v) is 5.20. The van der Waals surface area contributed by atoms with E-state index in [0.29, 0.717) is 0 Å². The molecule has 9 heteroatoms. The molecular formula is C16H12ClF3N2O3. The molecule has 5 nitrogen and oxygen atoms in total. The monoisotopic (exact) mass is 372 g/mol. The topological polar surface area (TPSA) is 67.4 Å². The number of rotatable bonds is 4. The molecule has 0 heterocycles. The van der Waals surface area contributed by atoms with Crippen LogP contribution in [-0.4, -0.2) is 18.4 Å². The Balaban J connectivity index is 1.85. The van der Waals surface area contributed by atoms with E-state index in [1.807, 2.05) is 0 Å². The van der Waals surface area contributed by atoms with E-state index >= 15 is 0 Å². The SMILES string of the molecule is O=C(COc1cccc(C(F)(F)F)c1)NNC(=O)c1ccccc1Cl. The van der Waals surface area contributed by atoms with Gasteiger partial charge in [0, 0.05) is 0 Å². The Labute approximate surface area is 145 Å². The summed E-state index contributed by atoms with van der Waals surface area (Å²) in [4.78, 5) is 23.4. The van der Waals surface area contributed by atoms with Gasteiger partial charge >= 0.3 is 6.18 Å². The maximum atomic E-state index is 12.6. The van der Waals surface area contributed by atoms with E-state index in [9.17, 15) is 22.8 Å². The van der Waals surface area contributed by atoms with Crippen LogP contribution in [0.4, 0.5) is 13.2 Å². The van der Waals surface area contributed by atoms with Crippen LogP contribution in [0.15, 0.2) is 48.5 Å². The van der Waals surface area contributed by atoms with Crippen molar-refractivity contribution in [1.29, 1.82) is 0 Å². The minimum absolute atomic E-state index is 0.123. The number of hydrogen-bond acceptors (Lipinski definition) is 3. The summed E-state index contributed by atoms with van der Waals surface area (Å²) in [5, 5.41) is 0.203. The molecule has 0 saturated carbocycles. The minimum atomic E-state index is -4.51. The molecular weight excluding hydrogens is 361 g/mol. The molecule has 0 aromatic heterocycles. The molecule has 0 saturated heterocycles. The van der Waals surface area contributed by atoms with Crippen LogP contribution in [0.3, 0.4) is 0 Å². The van der Waals surface area contributed by atoms with Crippen molar-refractivity contribution in [2.75, 3.05) is 6.61 Å². The zero-order valence-electron chi connectivity index (χ0n) is 12.6. The fraction of sp³-hybridized carbons (Fsp3) is 0.125. The molecule has 0 bridgehead atoms. The average Bonchev–Trinajstić information content (AvgIpc) is 2.58. The van der Waals surface area contributed by atoms with Crippen molar-refractivity contribution in [2.45, 2.75) is 6.18 Å². The highest BCUT2D eigenvalue weighted by Gasteiger charge is 2.30. The summed E-state index contributed by atoms with van der Waals surface area (Å²) < 4.78 is 42.7. The van der Waals surface area contributed by atoms with Crippen molar-refractivity contribution in [3.63, 3.8) is 0 Å². The molecule has 2 aromatic rings. The lowest BCUT2D eigenvalue weighted by Crippen LogP contribution is -2.43. The highest BCUT2D eigenvalue weighted by atomic mass is 35.5. The van der Waals surface area contributed by atoms with Crippen molar-refractivity contribution in [1.82, 2.24) is 10.9 Å². The number of hydrogen-bond donors (Lipinski definition) is 2. The van der Waals surface area contributed by atoms with E-state index in [0.717, 1.165) is 18.2 Å². The highest BCUT2D eigenvalue weighted by molar-refractivity contribution is 6.33. The standard InChI is InChI=1S/C16H12ClF3N2O3/c17-13-7-2-1-6-12(13)15(24)22-21-14(23)9-25-11-5-3-4-10(8-11)16(18,19)20/h1-8H,9H2,(H,21,23)(H,22,24). The lowest BCUT2D eigenvalue weighted by Gasteiger charge is -2.11. The molecule has 0 aliphatic carbocycles. The lowest BCUT2D eigenvalue weighted by atomic mass is 10.2. The lowest BCUT2D eigenvalue weighted by molar-refractivity contribution is -0.137. The molecule has 0 aliphatic heterocycles. The summed E-state index contributed by atoms with van der Waals surface area (Å²) in [6.07, 6.45) is -4.51. The summed E-state index contributed by atoms with van der Waals surface area (Å²) >= 11 is 5.84. The number of carbonyl (C=O) groups excluding carboxylic acids is 2. The van der Waals surface area contributed by atoms with Crippen LogP contribution in [0.1, 0.15) is 15.9 Å². The molecule has 2 N–H and O–H groups in total. The first-order valence-corrected chi connectivity index (χ1v) is 7.29. The van der Waals surface area contributed by atoms with E-state index in [1.54, 1.807) is 12.1 Å². The molecule has 0 fully saturated rings. The second-order valence-electron chi connectivity index (χ2n) is 4.80. The molecule has 132 valence electrons. The second kappa shape index (κ2) is 7.89. The Bertz CT molecular complexity index is 781. The van der Waals surface area contributed by atoms with Crippen LogP contribution >= 0.6 is 11.6 Å². The van der Waals surface area contributed by atoms with Gasteiger partial charge in [-0.1, -0.05) is 29.8 Å². The zero-order chi connectivity index (χ0) is 18.4. The Hall–Kier alpha value is -2.74. The van der Waals surface area contributed by atoms with Crippen LogP contribution in [0.25, 0.3) is 0 Å². The van der Waals surface area contributed by atoms with Gasteiger partial charge in [-0.15, -0.1) is 0 Å². The average molecular weight is 373 g/mol. The van der Waals surface area contributed by atoms with E-state index in [2.05, 4.69) is 10.9 Å². The number of amides is 2. The third-order valence-electron chi connectivity index (χ3n) is 2.97. The first kappa shape index (κ1) is 18.6. The van der Waals surface area contributed by atoms with Gasteiger partial charge in [0.25, 0.3) is 11.8 Å². The summed E-state index contributed by atoms with van der Waals surface area (Å²) in [6.45, 7) is -0.579. The van der Waals surface area contributed by atoms with E-state index in [-0.39, 0.29) is 16.3 Å². The number of hydrazine groups is 1. The van der Waals surface area contributed by atoms with Crippen LogP contribution < -0.4 is 15.6 Å². The van der Waals surface area contributed by atoms with Crippen molar-refractivity contribution in [2.24, 2.45) is 0 Å². The smallest absolute Gasteiger partial charge is 0.416 e. The van der Waals surface area contributed by atoms with Gasteiger partial charge in [-0.3, -0.25) is 20.4 Å². The van der Waals surface area contributed by atoms with E-state index < -0.39 is 30.2 Å². The Morgan fingerprint density at radius 1 is 1.04 bits per heavy atom. The molecule has 0 atom stereocenters. The third-order valence-corrected chi connectivity index (χ3v) is 3.29. The summed E-state index contributed by atoms with van der Waals surface area (Å²) in [5.74, 6) is -1.52. The molecule has 0 spiro atoms. The molecule has 0 radical (unpaired) electrons. The molecule has 25 heavy (non-hydrogen) atoms. The van der Waals surface area contributed by atoms with Crippen LogP contribution in [0.5, 0.6) is 5.75 Å². The normalized spacial score (nSPS) is 10.9. The summed E-state index contributed by atoms with van der Waals surface area (Å²) in [5.41, 5.74) is 3.47. The van der Waals surface area contributed by atoms with E-state index in [4.69, 9.17) is 16.3 Å². The fourth-order valence-corrected chi connectivity index (χ4v) is 2.01. The van der Waals surface area contributed by atoms with Crippen molar-refractivity contribution >= 4 is 23.4 Å². The van der Waals surface area contributed by atoms with Gasteiger partial charge in [0.2, 0.25) is 0 Å². The number of ether oxygens (including phenoxy) is 1. The van der Waals surface area contributed by atoms with Gasteiger partial charge < -0.3 is 4.74 Å². The number of benzene rings is 2. The van der Waals surface area contributed by atoms with Gasteiger partial charge in [0.05, 0.1) is 16.1 Å². The zero-order valence-corrected chi connectivity index (χ0v) is 13.3. The number of nitrogens with one attached hydrogen (secondary N) is 2. The van der Waals surface area contributed by atoms with Crippen LogP contribution in [-0.2, 0) is 11.0 Å². The number of carbonyl (C=O) groups is 2. The van der Waals surface area contributed by atoms with Gasteiger partial charge in [-0.05, 0) is 30.3 Å². The number of halogens is 4. The molecule has 0 unspecified atom stereocenters. The minimum Gasteiger partial charge on any atom is -0.484 e. The van der Waals surface area contributed by atoms with Gasteiger partial charge in [-0.25, -0.2) is 0 Å². The third kappa shape index (κ3) is 5.39. The molecule has 2 rings (SSSR count). The first-order chi connectivity index (χ1) is 11.8. The molecule has 2 amide bonds. The van der Waals surface area contributed by atoms with Crippen LogP contribution in [0, 0.1) is 0 Å². The quantitative estimate of drug-likeness (QED) is 0.810. The highest BCUT2D eigenvalue weighted by Crippen LogP contribution is 2.31. The predicted octanol–water partition coefficient (Wildman–Crippen LogP) is 3.20. The molecule has 2 aromatic carbocycles. The predicted molar refractivity (Wildman–Crippen MR) is 84.0 cm³/mol. The van der Waals surface area contributed by atoms with Gasteiger partial charge in [0.1, 0.15) is 5.75 Å².